The monoisotopic (exact) mass is 263 g/mol. The van der Waals surface area contributed by atoms with Gasteiger partial charge in [0, 0.05) is 17.0 Å². The standard InChI is InChI=1S/C11H12ClF2NO2/c1-2-17-11(16)10(15)5-7-8(13)3-6(12)4-9(7)14/h3-4,10H,2,5,15H2,1H3. The van der Waals surface area contributed by atoms with Crippen molar-refractivity contribution in [3.05, 3.63) is 34.4 Å². The van der Waals surface area contributed by atoms with Gasteiger partial charge in [0.25, 0.3) is 0 Å². The minimum absolute atomic E-state index is 0.0477. The minimum atomic E-state index is -1.10. The van der Waals surface area contributed by atoms with Crippen LogP contribution in [0.4, 0.5) is 8.78 Å². The average molecular weight is 264 g/mol. The molecule has 6 heteroatoms. The van der Waals surface area contributed by atoms with E-state index in [0.717, 1.165) is 12.1 Å². The number of esters is 1. The topological polar surface area (TPSA) is 52.3 Å². The fraction of sp³-hybridized carbons (Fsp3) is 0.364. The van der Waals surface area contributed by atoms with Gasteiger partial charge in [0.2, 0.25) is 0 Å². The van der Waals surface area contributed by atoms with E-state index in [0.29, 0.717) is 0 Å². The molecular formula is C11H12ClF2NO2. The molecule has 0 saturated heterocycles. The third-order valence-corrected chi connectivity index (χ3v) is 2.34. The zero-order valence-electron chi connectivity index (χ0n) is 9.17. The second-order valence-corrected chi connectivity index (χ2v) is 3.85. The fourth-order valence-electron chi connectivity index (χ4n) is 1.32. The summed E-state index contributed by atoms with van der Waals surface area (Å²) < 4.78 is 31.4. The number of hydrogen-bond acceptors (Lipinski definition) is 3. The number of halogens is 3. The molecule has 0 aliphatic rings. The van der Waals surface area contributed by atoms with Crippen molar-refractivity contribution in [2.45, 2.75) is 19.4 Å². The summed E-state index contributed by atoms with van der Waals surface area (Å²) in [5, 5.41) is -0.0477. The lowest BCUT2D eigenvalue weighted by Gasteiger charge is -2.12. The molecule has 0 fully saturated rings. The molecule has 1 atom stereocenters. The van der Waals surface area contributed by atoms with Gasteiger partial charge in [0.15, 0.2) is 0 Å². The molecule has 1 unspecified atom stereocenters. The first-order valence-electron chi connectivity index (χ1n) is 5.01. The molecule has 1 aromatic carbocycles. The highest BCUT2D eigenvalue weighted by atomic mass is 35.5. The Kier molecular flexibility index (Phi) is 4.84. The molecule has 17 heavy (non-hydrogen) atoms. The highest BCUT2D eigenvalue weighted by Gasteiger charge is 2.20. The summed E-state index contributed by atoms with van der Waals surface area (Å²) in [4.78, 5) is 11.2. The maximum absolute atomic E-state index is 13.4. The van der Waals surface area contributed by atoms with Crippen LogP contribution in [0.1, 0.15) is 12.5 Å². The lowest BCUT2D eigenvalue weighted by Crippen LogP contribution is -2.35. The first kappa shape index (κ1) is 13.9. The molecule has 0 aliphatic carbocycles. The molecule has 0 radical (unpaired) electrons. The van der Waals surface area contributed by atoms with Crippen LogP contribution >= 0.6 is 11.6 Å². The minimum Gasteiger partial charge on any atom is -0.465 e. The number of rotatable bonds is 4. The molecule has 0 aromatic heterocycles. The highest BCUT2D eigenvalue weighted by Crippen LogP contribution is 2.20. The zero-order valence-corrected chi connectivity index (χ0v) is 9.93. The molecule has 1 rings (SSSR count). The summed E-state index contributed by atoms with van der Waals surface area (Å²) in [5.41, 5.74) is 5.20. The van der Waals surface area contributed by atoms with E-state index < -0.39 is 23.6 Å². The van der Waals surface area contributed by atoms with Gasteiger partial charge in [-0.1, -0.05) is 11.6 Å². The van der Waals surface area contributed by atoms with Crippen molar-refractivity contribution in [2.75, 3.05) is 6.61 Å². The van der Waals surface area contributed by atoms with Crippen LogP contribution in [-0.2, 0) is 16.0 Å². The first-order chi connectivity index (χ1) is 7.95. The summed E-state index contributed by atoms with van der Waals surface area (Å²) >= 11 is 5.47. The summed E-state index contributed by atoms with van der Waals surface area (Å²) in [7, 11) is 0. The Morgan fingerprint density at radius 1 is 1.47 bits per heavy atom. The third kappa shape index (κ3) is 3.64. The Morgan fingerprint density at radius 3 is 2.47 bits per heavy atom. The number of ether oxygens (including phenoxy) is 1. The smallest absolute Gasteiger partial charge is 0.323 e. The van der Waals surface area contributed by atoms with Crippen molar-refractivity contribution in [1.82, 2.24) is 0 Å². The van der Waals surface area contributed by atoms with Crippen LogP contribution in [0.2, 0.25) is 5.02 Å². The van der Waals surface area contributed by atoms with Crippen LogP contribution in [0, 0.1) is 11.6 Å². The second kappa shape index (κ2) is 5.93. The van der Waals surface area contributed by atoms with Gasteiger partial charge in [-0.2, -0.15) is 0 Å². The number of carbonyl (C=O) groups excluding carboxylic acids is 1. The lowest BCUT2D eigenvalue weighted by molar-refractivity contribution is -0.144. The highest BCUT2D eigenvalue weighted by molar-refractivity contribution is 6.30. The molecule has 0 amide bonds. The first-order valence-corrected chi connectivity index (χ1v) is 5.39. The van der Waals surface area contributed by atoms with E-state index in [2.05, 4.69) is 4.74 Å². The largest absolute Gasteiger partial charge is 0.465 e. The van der Waals surface area contributed by atoms with Gasteiger partial charge in [-0.05, 0) is 19.1 Å². The Labute approximate surface area is 103 Å². The maximum atomic E-state index is 13.4. The van der Waals surface area contributed by atoms with E-state index in [1.54, 1.807) is 6.92 Å². The molecule has 0 aliphatic heterocycles. The molecule has 0 saturated carbocycles. The SMILES string of the molecule is CCOC(=O)C(N)Cc1c(F)cc(Cl)cc1F. The van der Waals surface area contributed by atoms with E-state index in [1.165, 1.54) is 0 Å². The molecule has 0 bridgehead atoms. The molecule has 1 aromatic rings. The molecule has 3 nitrogen and oxygen atoms in total. The van der Waals surface area contributed by atoms with E-state index in [9.17, 15) is 13.6 Å². The summed E-state index contributed by atoms with van der Waals surface area (Å²) in [6.07, 6.45) is -0.270. The Bertz CT molecular complexity index is 403. The lowest BCUT2D eigenvalue weighted by atomic mass is 10.1. The molecule has 94 valence electrons. The van der Waals surface area contributed by atoms with Crippen molar-refractivity contribution in [3.63, 3.8) is 0 Å². The van der Waals surface area contributed by atoms with Crippen LogP contribution in [0.5, 0.6) is 0 Å². The molecule has 0 spiro atoms. The zero-order chi connectivity index (χ0) is 13.0. The summed E-state index contributed by atoms with van der Waals surface area (Å²) in [6, 6.07) is 0.843. The predicted molar refractivity (Wildman–Crippen MR) is 59.7 cm³/mol. The van der Waals surface area contributed by atoms with E-state index in [-0.39, 0.29) is 23.6 Å². The summed E-state index contributed by atoms with van der Waals surface area (Å²) in [5.74, 6) is -2.34. The maximum Gasteiger partial charge on any atom is 0.323 e. The quantitative estimate of drug-likeness (QED) is 0.846. The van der Waals surface area contributed by atoms with Gasteiger partial charge in [0.05, 0.1) is 6.61 Å². The van der Waals surface area contributed by atoms with E-state index in [1.807, 2.05) is 0 Å². The Hall–Kier alpha value is -1.20. The fourth-order valence-corrected chi connectivity index (χ4v) is 1.51. The van der Waals surface area contributed by atoms with Crippen LogP contribution < -0.4 is 5.73 Å². The van der Waals surface area contributed by atoms with Crippen LogP contribution in [0.25, 0.3) is 0 Å². The van der Waals surface area contributed by atoms with E-state index >= 15 is 0 Å². The van der Waals surface area contributed by atoms with Gasteiger partial charge in [-0.25, -0.2) is 8.78 Å². The average Bonchev–Trinajstić information content (AvgIpc) is 2.23. The van der Waals surface area contributed by atoms with Crippen molar-refractivity contribution >= 4 is 17.6 Å². The molecule has 0 heterocycles. The van der Waals surface area contributed by atoms with Gasteiger partial charge in [0.1, 0.15) is 17.7 Å². The number of nitrogens with two attached hydrogens (primary N) is 1. The Morgan fingerprint density at radius 2 is 2.00 bits per heavy atom. The van der Waals surface area contributed by atoms with Crippen LogP contribution in [0.3, 0.4) is 0 Å². The second-order valence-electron chi connectivity index (χ2n) is 3.41. The van der Waals surface area contributed by atoms with Gasteiger partial charge in [-0.15, -0.1) is 0 Å². The van der Waals surface area contributed by atoms with Gasteiger partial charge < -0.3 is 10.5 Å². The Balaban J connectivity index is 2.85. The van der Waals surface area contributed by atoms with Crippen molar-refractivity contribution in [1.29, 1.82) is 0 Å². The molecular weight excluding hydrogens is 252 g/mol. The van der Waals surface area contributed by atoms with Crippen molar-refractivity contribution in [3.8, 4) is 0 Å². The predicted octanol–water partition coefficient (Wildman–Crippen LogP) is 2.05. The van der Waals surface area contributed by atoms with Crippen molar-refractivity contribution in [2.24, 2.45) is 5.73 Å². The number of carbonyl (C=O) groups is 1. The molecule has 2 N–H and O–H groups in total. The third-order valence-electron chi connectivity index (χ3n) is 2.12. The van der Waals surface area contributed by atoms with Gasteiger partial charge >= 0.3 is 5.97 Å². The number of hydrogen-bond donors (Lipinski definition) is 1. The van der Waals surface area contributed by atoms with E-state index in [4.69, 9.17) is 17.3 Å². The summed E-state index contributed by atoms with van der Waals surface area (Å²) in [6.45, 7) is 1.78. The van der Waals surface area contributed by atoms with Crippen molar-refractivity contribution < 1.29 is 18.3 Å². The van der Waals surface area contributed by atoms with Crippen LogP contribution in [0.15, 0.2) is 12.1 Å². The van der Waals surface area contributed by atoms with Gasteiger partial charge in [-0.3, -0.25) is 4.79 Å². The number of benzene rings is 1. The normalized spacial score (nSPS) is 12.3. The van der Waals surface area contributed by atoms with Crippen LogP contribution in [-0.4, -0.2) is 18.6 Å².